The average Bonchev–Trinajstić information content (AvgIpc) is 2.74. The third-order valence-electron chi connectivity index (χ3n) is 4.76. The average molecular weight is 614 g/mol. The van der Waals surface area contributed by atoms with Crippen LogP contribution in [0.5, 0.6) is 0 Å². The second kappa shape index (κ2) is 10.5. The highest BCUT2D eigenvalue weighted by atomic mass is 79.9. The summed E-state index contributed by atoms with van der Waals surface area (Å²) < 4.78 is 131. The second-order valence-corrected chi connectivity index (χ2v) is 8.37. The van der Waals surface area contributed by atoms with Crippen LogP contribution in [-0.2, 0) is 32.8 Å². The number of ether oxygens (including phenoxy) is 2. The lowest BCUT2D eigenvalue weighted by Gasteiger charge is -2.34. The van der Waals surface area contributed by atoms with E-state index in [9.17, 15) is 49.1 Å². The minimum atomic E-state index is -5.40. The van der Waals surface area contributed by atoms with Crippen molar-refractivity contribution >= 4 is 33.5 Å². The van der Waals surface area contributed by atoms with Crippen molar-refractivity contribution in [3.63, 3.8) is 0 Å². The van der Waals surface area contributed by atoms with Crippen LogP contribution in [0.2, 0.25) is 0 Å². The maximum Gasteiger partial charge on any atom is 0.433 e. The van der Waals surface area contributed by atoms with E-state index in [1.807, 2.05) is 0 Å². The molecule has 1 heterocycles. The smallest absolute Gasteiger partial charge is 0.433 e. The van der Waals surface area contributed by atoms with Crippen molar-refractivity contribution in [2.24, 2.45) is 0 Å². The van der Waals surface area contributed by atoms with E-state index in [4.69, 9.17) is 4.74 Å². The molecule has 2 rings (SSSR count). The van der Waals surface area contributed by atoms with E-state index < -0.39 is 75.3 Å². The molecule has 0 aliphatic carbocycles. The Morgan fingerprint density at radius 1 is 0.973 bits per heavy atom. The summed E-state index contributed by atoms with van der Waals surface area (Å²) in [6, 6.07) is -1.06. The maximum absolute atomic E-state index is 13.7. The lowest BCUT2D eigenvalue weighted by molar-refractivity contribution is -0.151. The highest BCUT2D eigenvalue weighted by Gasteiger charge is 2.43. The van der Waals surface area contributed by atoms with Crippen molar-refractivity contribution in [1.82, 2.24) is 9.55 Å². The molecular weight excluding hydrogens is 597 g/mol. The molecule has 17 heteroatoms. The lowest BCUT2D eigenvalue weighted by Crippen LogP contribution is -2.44. The Morgan fingerprint density at radius 2 is 1.54 bits per heavy atom. The Morgan fingerprint density at radius 3 is 1.95 bits per heavy atom. The van der Waals surface area contributed by atoms with Crippen LogP contribution in [0.25, 0.3) is 0 Å². The van der Waals surface area contributed by atoms with Gasteiger partial charge >= 0.3 is 24.5 Å². The molecule has 0 saturated heterocycles. The van der Waals surface area contributed by atoms with E-state index in [0.29, 0.717) is 4.57 Å². The highest BCUT2D eigenvalue weighted by molar-refractivity contribution is 9.10. The first-order valence-corrected chi connectivity index (χ1v) is 10.6. The molecule has 1 atom stereocenters. The number of carbonyl (C=O) groups is 1. The number of hydrogen-bond donors (Lipinski definition) is 0. The van der Waals surface area contributed by atoms with Gasteiger partial charge in [-0.2, -0.15) is 39.5 Å². The number of halogens is 10. The van der Waals surface area contributed by atoms with Crippen LogP contribution in [0.15, 0.2) is 27.5 Å². The minimum Gasteiger partial charge on any atom is -0.466 e. The summed E-state index contributed by atoms with van der Waals surface area (Å²) >= 11 is 2.55. The molecule has 0 saturated carbocycles. The van der Waals surface area contributed by atoms with E-state index in [-0.39, 0.29) is 23.1 Å². The molecule has 0 spiro atoms. The van der Waals surface area contributed by atoms with Crippen LogP contribution >= 0.6 is 15.9 Å². The van der Waals surface area contributed by atoms with Gasteiger partial charge in [-0.25, -0.2) is 9.78 Å². The maximum atomic E-state index is 13.7. The monoisotopic (exact) mass is 613 g/mol. The third kappa shape index (κ3) is 6.37. The van der Waals surface area contributed by atoms with Crippen LogP contribution in [0.4, 0.5) is 51.1 Å². The molecule has 206 valence electrons. The molecule has 37 heavy (non-hydrogen) atoms. The molecule has 1 aromatic heterocycles. The summed E-state index contributed by atoms with van der Waals surface area (Å²) in [5, 5.41) is 0. The molecule has 1 aromatic carbocycles. The van der Waals surface area contributed by atoms with Crippen molar-refractivity contribution in [3.05, 3.63) is 49.8 Å². The van der Waals surface area contributed by atoms with Gasteiger partial charge in [0, 0.05) is 19.2 Å². The van der Waals surface area contributed by atoms with E-state index in [2.05, 4.69) is 25.7 Å². The number of nitrogens with zero attached hydrogens (tertiary/aromatic N) is 3. The van der Waals surface area contributed by atoms with E-state index >= 15 is 0 Å². The van der Waals surface area contributed by atoms with E-state index in [1.165, 1.54) is 13.8 Å². The standard InChI is InChI=1S/C20H17BrF9N3O4/c1-8(2)32-13(34)7-12(20(28,29)30)31-17(32)33(15(36-3)16(35)37-4)11-6-9(18(22,23)24)5-10(14(11)21)19(25,26)27/h5-8,15H,1-4H3. The molecule has 7 nitrogen and oxygen atoms in total. The largest absolute Gasteiger partial charge is 0.466 e. The molecular formula is C20H17BrF9N3O4. The summed E-state index contributed by atoms with van der Waals surface area (Å²) in [5.74, 6) is -2.58. The Balaban J connectivity index is 3.19. The van der Waals surface area contributed by atoms with Gasteiger partial charge in [-0.3, -0.25) is 14.3 Å². The Labute approximate surface area is 210 Å². The van der Waals surface area contributed by atoms with Crippen molar-refractivity contribution in [3.8, 4) is 0 Å². The van der Waals surface area contributed by atoms with Gasteiger partial charge in [-0.1, -0.05) is 0 Å². The Hall–Kier alpha value is -2.82. The second-order valence-electron chi connectivity index (χ2n) is 7.57. The summed E-state index contributed by atoms with van der Waals surface area (Å²) in [6.07, 6.45) is -18.3. The van der Waals surface area contributed by atoms with Gasteiger partial charge in [-0.15, -0.1) is 0 Å². The quantitative estimate of drug-likeness (QED) is 0.229. The van der Waals surface area contributed by atoms with Gasteiger partial charge in [0.1, 0.15) is 0 Å². The molecule has 0 aliphatic rings. The van der Waals surface area contributed by atoms with Gasteiger partial charge in [0.25, 0.3) is 5.56 Å². The molecule has 2 aromatic rings. The number of aromatic nitrogens is 2. The van der Waals surface area contributed by atoms with Crippen molar-refractivity contribution in [1.29, 1.82) is 0 Å². The molecule has 1 unspecified atom stereocenters. The first kappa shape index (κ1) is 30.4. The van der Waals surface area contributed by atoms with E-state index in [1.54, 1.807) is 0 Å². The molecule has 0 bridgehead atoms. The zero-order valence-corrected chi connectivity index (χ0v) is 20.7. The number of anilines is 2. The van der Waals surface area contributed by atoms with Crippen molar-refractivity contribution < 1.29 is 53.8 Å². The van der Waals surface area contributed by atoms with Crippen LogP contribution in [-0.4, -0.2) is 36.0 Å². The SMILES string of the molecule is COC(=O)C(OC)N(c1cc(C(F)(F)F)cc(C(F)(F)F)c1Br)c1nc(C(F)(F)F)cc(=O)n1C(C)C. The zero-order valence-electron chi connectivity index (χ0n) is 19.1. The normalized spacial score (nSPS) is 13.6. The summed E-state index contributed by atoms with van der Waals surface area (Å²) in [7, 11) is 1.57. The molecule has 0 fully saturated rings. The van der Waals surface area contributed by atoms with Gasteiger partial charge in [0.2, 0.25) is 12.2 Å². The Bertz CT molecular complexity index is 1220. The van der Waals surface area contributed by atoms with Gasteiger partial charge in [0.15, 0.2) is 5.69 Å². The van der Waals surface area contributed by atoms with Gasteiger partial charge in [-0.05, 0) is 41.9 Å². The van der Waals surface area contributed by atoms with Crippen molar-refractivity contribution in [2.75, 3.05) is 19.1 Å². The number of benzene rings is 1. The van der Waals surface area contributed by atoms with Gasteiger partial charge < -0.3 is 9.47 Å². The molecule has 0 N–H and O–H groups in total. The first-order chi connectivity index (χ1) is 16.7. The summed E-state index contributed by atoms with van der Waals surface area (Å²) in [4.78, 5) is 28.6. The number of alkyl halides is 9. The predicted molar refractivity (Wildman–Crippen MR) is 113 cm³/mol. The minimum absolute atomic E-state index is 0.0873. The van der Waals surface area contributed by atoms with Crippen LogP contribution in [0, 0.1) is 0 Å². The fraction of sp³-hybridized carbons (Fsp3) is 0.450. The number of esters is 1. The number of hydrogen-bond acceptors (Lipinski definition) is 6. The first-order valence-electron chi connectivity index (χ1n) is 9.84. The number of rotatable bonds is 6. The topological polar surface area (TPSA) is 73.7 Å². The van der Waals surface area contributed by atoms with Crippen LogP contribution in [0.1, 0.15) is 36.7 Å². The van der Waals surface area contributed by atoms with Crippen molar-refractivity contribution in [2.45, 2.75) is 44.6 Å². The lowest BCUT2D eigenvalue weighted by atomic mass is 10.1. The number of methoxy groups -OCH3 is 2. The van der Waals surface area contributed by atoms with E-state index in [0.717, 1.165) is 14.2 Å². The summed E-state index contributed by atoms with van der Waals surface area (Å²) in [6.45, 7) is 2.56. The predicted octanol–water partition coefficient (Wildman–Crippen LogP) is 5.93. The van der Waals surface area contributed by atoms with Crippen LogP contribution in [0.3, 0.4) is 0 Å². The molecule has 0 aliphatic heterocycles. The highest BCUT2D eigenvalue weighted by Crippen LogP contribution is 2.46. The third-order valence-corrected chi connectivity index (χ3v) is 5.60. The number of carbonyl (C=O) groups excluding carboxylic acids is 1. The Kier molecular flexibility index (Phi) is 8.64. The van der Waals surface area contributed by atoms with Gasteiger partial charge in [0.05, 0.1) is 28.4 Å². The summed E-state index contributed by atoms with van der Waals surface area (Å²) in [5.41, 5.74) is -8.08. The molecule has 0 amide bonds. The fourth-order valence-electron chi connectivity index (χ4n) is 3.18. The molecule has 0 radical (unpaired) electrons. The fourth-order valence-corrected chi connectivity index (χ4v) is 3.83. The van der Waals surface area contributed by atoms with Crippen LogP contribution < -0.4 is 10.5 Å². The zero-order chi connectivity index (χ0) is 28.7.